The molecule has 1 aromatic carbocycles. The minimum atomic E-state index is -0.303. The fourth-order valence-corrected chi connectivity index (χ4v) is 1.86. The number of rotatable bonds is 7. The zero-order valence-corrected chi connectivity index (χ0v) is 10.8. The van der Waals surface area contributed by atoms with Crippen LogP contribution in [0.4, 0.5) is 4.39 Å². The summed E-state index contributed by atoms with van der Waals surface area (Å²) in [7, 11) is 0. The molecule has 0 heterocycles. The van der Waals surface area contributed by atoms with E-state index in [9.17, 15) is 4.39 Å². The fourth-order valence-electron chi connectivity index (χ4n) is 1.61. The molecule has 0 aliphatic heterocycles. The minimum absolute atomic E-state index is 0.236. The molecule has 0 spiro atoms. The molecule has 1 aromatic rings. The summed E-state index contributed by atoms with van der Waals surface area (Å²) >= 11 is 5.76. The summed E-state index contributed by atoms with van der Waals surface area (Å²) in [5, 5.41) is 12.5. The van der Waals surface area contributed by atoms with Gasteiger partial charge in [0.1, 0.15) is 5.82 Å². The summed E-state index contributed by atoms with van der Waals surface area (Å²) in [5.74, 6) is 0.0450. The number of halogens is 2. The Bertz CT molecular complexity index is 326. The Morgan fingerprint density at radius 2 is 2.18 bits per heavy atom. The molecule has 0 fully saturated rings. The van der Waals surface area contributed by atoms with Gasteiger partial charge in [0, 0.05) is 18.2 Å². The molecule has 0 amide bonds. The van der Waals surface area contributed by atoms with Crippen LogP contribution in [-0.4, -0.2) is 18.3 Å². The Morgan fingerprint density at radius 1 is 1.41 bits per heavy atom. The number of aliphatic hydroxyl groups is 1. The van der Waals surface area contributed by atoms with Crippen molar-refractivity contribution in [3.8, 4) is 0 Å². The number of hydrogen-bond donors (Lipinski definition) is 2. The summed E-state index contributed by atoms with van der Waals surface area (Å²) in [4.78, 5) is 0. The topological polar surface area (TPSA) is 32.3 Å². The summed E-state index contributed by atoms with van der Waals surface area (Å²) in [5.41, 5.74) is 0.852. The van der Waals surface area contributed by atoms with Gasteiger partial charge < -0.3 is 10.4 Å². The quantitative estimate of drug-likeness (QED) is 0.738. The predicted molar refractivity (Wildman–Crippen MR) is 68.6 cm³/mol. The molecule has 0 saturated heterocycles. The van der Waals surface area contributed by atoms with Crippen LogP contribution in [0.5, 0.6) is 0 Å². The fraction of sp³-hybridized carbons (Fsp3) is 0.538. The number of benzene rings is 1. The molecule has 2 N–H and O–H groups in total. The largest absolute Gasteiger partial charge is 0.396 e. The van der Waals surface area contributed by atoms with Crippen molar-refractivity contribution in [3.63, 3.8) is 0 Å². The number of nitrogens with one attached hydrogen (secondary N) is 1. The Morgan fingerprint density at radius 3 is 2.82 bits per heavy atom. The molecule has 4 heteroatoms. The average molecular weight is 260 g/mol. The van der Waals surface area contributed by atoms with Crippen molar-refractivity contribution in [2.75, 3.05) is 13.2 Å². The maximum atomic E-state index is 13.0. The van der Waals surface area contributed by atoms with Gasteiger partial charge in [-0.1, -0.05) is 18.5 Å². The van der Waals surface area contributed by atoms with Crippen LogP contribution < -0.4 is 5.32 Å². The van der Waals surface area contributed by atoms with Gasteiger partial charge in [-0.2, -0.15) is 0 Å². The van der Waals surface area contributed by atoms with Crippen LogP contribution in [0.1, 0.15) is 25.3 Å². The summed E-state index contributed by atoms with van der Waals surface area (Å²) in [6.07, 6.45) is 2.00. The molecular weight excluding hydrogens is 241 g/mol. The summed E-state index contributed by atoms with van der Waals surface area (Å²) < 4.78 is 13.0. The van der Waals surface area contributed by atoms with E-state index >= 15 is 0 Å². The molecule has 0 aliphatic carbocycles. The highest BCUT2D eigenvalue weighted by Gasteiger charge is 2.01. The van der Waals surface area contributed by atoms with Gasteiger partial charge >= 0.3 is 0 Å². The van der Waals surface area contributed by atoms with E-state index in [1.807, 2.05) is 6.92 Å². The molecule has 0 aliphatic rings. The molecule has 1 rings (SSSR count). The first-order valence-electron chi connectivity index (χ1n) is 5.88. The minimum Gasteiger partial charge on any atom is -0.396 e. The van der Waals surface area contributed by atoms with Crippen LogP contribution >= 0.6 is 11.6 Å². The Labute approximate surface area is 107 Å². The molecule has 1 unspecified atom stereocenters. The molecule has 96 valence electrons. The van der Waals surface area contributed by atoms with Crippen molar-refractivity contribution < 1.29 is 9.50 Å². The number of hydrogen-bond acceptors (Lipinski definition) is 2. The van der Waals surface area contributed by atoms with Gasteiger partial charge in [-0.15, -0.1) is 0 Å². The lowest BCUT2D eigenvalue weighted by atomic mass is 10.1. The first kappa shape index (κ1) is 14.4. The normalized spacial score (nSPS) is 12.7. The van der Waals surface area contributed by atoms with Crippen molar-refractivity contribution in [2.24, 2.45) is 5.92 Å². The smallest absolute Gasteiger partial charge is 0.125 e. The molecule has 0 saturated carbocycles. The van der Waals surface area contributed by atoms with Crippen LogP contribution in [0.25, 0.3) is 0 Å². The van der Waals surface area contributed by atoms with Crippen molar-refractivity contribution in [1.29, 1.82) is 0 Å². The molecule has 1 atom stereocenters. The second kappa shape index (κ2) is 7.64. The Balaban J connectivity index is 2.22. The zero-order chi connectivity index (χ0) is 12.7. The highest BCUT2D eigenvalue weighted by molar-refractivity contribution is 6.30. The maximum absolute atomic E-state index is 13.0. The highest BCUT2D eigenvalue weighted by Crippen LogP contribution is 2.13. The van der Waals surface area contributed by atoms with Crippen molar-refractivity contribution >= 4 is 11.6 Å². The van der Waals surface area contributed by atoms with Crippen LogP contribution in [0.2, 0.25) is 5.02 Å². The average Bonchev–Trinajstić information content (AvgIpc) is 2.27. The summed E-state index contributed by atoms with van der Waals surface area (Å²) in [6, 6.07) is 4.54. The van der Waals surface area contributed by atoms with E-state index in [0.717, 1.165) is 24.9 Å². The molecule has 0 bridgehead atoms. The first-order valence-corrected chi connectivity index (χ1v) is 6.26. The van der Waals surface area contributed by atoms with Gasteiger partial charge in [-0.05, 0) is 49.1 Å². The lowest BCUT2D eigenvalue weighted by molar-refractivity contribution is 0.228. The van der Waals surface area contributed by atoms with E-state index in [-0.39, 0.29) is 12.4 Å². The summed E-state index contributed by atoms with van der Waals surface area (Å²) in [6.45, 7) is 3.73. The molecule has 2 nitrogen and oxygen atoms in total. The van der Waals surface area contributed by atoms with Crippen LogP contribution in [0, 0.1) is 11.7 Å². The third-order valence-corrected chi connectivity index (χ3v) is 2.83. The van der Waals surface area contributed by atoms with Gasteiger partial charge in [0.2, 0.25) is 0 Å². The Hall–Kier alpha value is -0.640. The second-order valence-electron chi connectivity index (χ2n) is 4.38. The maximum Gasteiger partial charge on any atom is 0.125 e. The first-order chi connectivity index (χ1) is 8.11. The van der Waals surface area contributed by atoms with Gasteiger partial charge in [0.15, 0.2) is 0 Å². The van der Waals surface area contributed by atoms with E-state index in [0.29, 0.717) is 17.5 Å². The molecule has 0 radical (unpaired) electrons. The standard InChI is InChI=1S/C13H19ClFNO/c1-10(9-17)3-2-4-16-8-11-5-12(14)7-13(15)6-11/h5-7,10,16-17H,2-4,8-9H2,1H3. The van der Waals surface area contributed by atoms with Gasteiger partial charge in [-0.3, -0.25) is 0 Å². The van der Waals surface area contributed by atoms with Crippen LogP contribution in [0.15, 0.2) is 18.2 Å². The van der Waals surface area contributed by atoms with Crippen LogP contribution in [0.3, 0.4) is 0 Å². The van der Waals surface area contributed by atoms with E-state index in [1.54, 1.807) is 6.07 Å². The predicted octanol–water partition coefficient (Wildman–Crippen LogP) is 2.98. The van der Waals surface area contributed by atoms with Crippen LogP contribution in [-0.2, 0) is 6.54 Å². The van der Waals surface area contributed by atoms with Gasteiger partial charge in [0.05, 0.1) is 0 Å². The molecular formula is C13H19ClFNO. The third-order valence-electron chi connectivity index (χ3n) is 2.61. The van der Waals surface area contributed by atoms with E-state index in [2.05, 4.69) is 5.32 Å². The van der Waals surface area contributed by atoms with Gasteiger partial charge in [0.25, 0.3) is 0 Å². The molecule has 0 aromatic heterocycles. The zero-order valence-electron chi connectivity index (χ0n) is 10.0. The second-order valence-corrected chi connectivity index (χ2v) is 4.82. The Kier molecular flexibility index (Phi) is 6.48. The van der Waals surface area contributed by atoms with Crippen molar-refractivity contribution in [2.45, 2.75) is 26.3 Å². The number of aliphatic hydroxyl groups excluding tert-OH is 1. The van der Waals surface area contributed by atoms with E-state index in [1.165, 1.54) is 12.1 Å². The SMILES string of the molecule is CC(CO)CCCNCc1cc(F)cc(Cl)c1. The monoisotopic (exact) mass is 259 g/mol. The van der Waals surface area contributed by atoms with E-state index in [4.69, 9.17) is 16.7 Å². The van der Waals surface area contributed by atoms with Gasteiger partial charge in [-0.25, -0.2) is 4.39 Å². The lowest BCUT2D eigenvalue weighted by Gasteiger charge is -2.08. The van der Waals surface area contributed by atoms with Crippen molar-refractivity contribution in [3.05, 3.63) is 34.6 Å². The molecule has 17 heavy (non-hydrogen) atoms. The van der Waals surface area contributed by atoms with E-state index < -0.39 is 0 Å². The highest BCUT2D eigenvalue weighted by atomic mass is 35.5. The van der Waals surface area contributed by atoms with Crippen molar-refractivity contribution in [1.82, 2.24) is 5.32 Å². The lowest BCUT2D eigenvalue weighted by Crippen LogP contribution is -2.16. The third kappa shape index (κ3) is 6.01.